The van der Waals surface area contributed by atoms with E-state index in [0.717, 1.165) is 41.9 Å². The molecule has 4 heteroatoms. The quantitative estimate of drug-likeness (QED) is 0.810. The Kier molecular flexibility index (Phi) is 2.51. The van der Waals surface area contributed by atoms with Gasteiger partial charge in [-0.3, -0.25) is 4.79 Å². The van der Waals surface area contributed by atoms with Crippen LogP contribution in [0.2, 0.25) is 0 Å². The standard InChI is InChI=1S/C14H16N2O2/c1-15-12-9-11(18-2)5-4-10(12)8-13(15)14(17)16-6-3-7-16/h4-5,8-9H,3,6-7H2,1-2H3. The fourth-order valence-corrected chi connectivity index (χ4v) is 2.32. The largest absolute Gasteiger partial charge is 0.497 e. The lowest BCUT2D eigenvalue weighted by Crippen LogP contribution is -2.42. The number of hydrogen-bond donors (Lipinski definition) is 0. The van der Waals surface area contributed by atoms with Crippen LogP contribution in [0.15, 0.2) is 24.3 Å². The van der Waals surface area contributed by atoms with Crippen LogP contribution in [0.25, 0.3) is 10.9 Å². The second-order valence-corrected chi connectivity index (χ2v) is 4.66. The minimum atomic E-state index is 0.124. The topological polar surface area (TPSA) is 34.5 Å². The Morgan fingerprint density at radius 1 is 1.28 bits per heavy atom. The molecule has 94 valence electrons. The van der Waals surface area contributed by atoms with Crippen molar-refractivity contribution in [2.45, 2.75) is 6.42 Å². The highest BCUT2D eigenvalue weighted by atomic mass is 16.5. The number of ether oxygens (including phenoxy) is 1. The maximum Gasteiger partial charge on any atom is 0.270 e. The second kappa shape index (κ2) is 4.05. The summed E-state index contributed by atoms with van der Waals surface area (Å²) in [5, 5.41) is 1.07. The summed E-state index contributed by atoms with van der Waals surface area (Å²) in [6.07, 6.45) is 1.11. The number of methoxy groups -OCH3 is 1. The van der Waals surface area contributed by atoms with E-state index in [2.05, 4.69) is 0 Å². The summed E-state index contributed by atoms with van der Waals surface area (Å²) < 4.78 is 7.16. The highest BCUT2D eigenvalue weighted by Gasteiger charge is 2.24. The molecule has 3 rings (SSSR count). The van der Waals surface area contributed by atoms with Gasteiger partial charge in [0.2, 0.25) is 0 Å². The van der Waals surface area contributed by atoms with Gasteiger partial charge in [0.15, 0.2) is 0 Å². The van der Waals surface area contributed by atoms with Gasteiger partial charge >= 0.3 is 0 Å². The maximum absolute atomic E-state index is 12.2. The van der Waals surface area contributed by atoms with E-state index in [1.165, 1.54) is 0 Å². The first-order valence-corrected chi connectivity index (χ1v) is 6.13. The molecule has 2 aromatic rings. The summed E-state index contributed by atoms with van der Waals surface area (Å²) in [7, 11) is 3.57. The number of amides is 1. The Morgan fingerprint density at radius 2 is 2.06 bits per heavy atom. The Labute approximate surface area is 106 Å². The van der Waals surface area contributed by atoms with Crippen molar-refractivity contribution >= 4 is 16.8 Å². The van der Waals surface area contributed by atoms with Crippen LogP contribution in [0.3, 0.4) is 0 Å². The predicted molar refractivity (Wildman–Crippen MR) is 70.0 cm³/mol. The molecule has 18 heavy (non-hydrogen) atoms. The Balaban J connectivity index is 2.07. The van der Waals surface area contributed by atoms with E-state index in [1.54, 1.807) is 7.11 Å². The van der Waals surface area contributed by atoms with Gasteiger partial charge in [0, 0.05) is 31.6 Å². The van der Waals surface area contributed by atoms with Gasteiger partial charge in [0.25, 0.3) is 5.91 Å². The minimum absolute atomic E-state index is 0.124. The molecule has 1 fully saturated rings. The Morgan fingerprint density at radius 3 is 2.67 bits per heavy atom. The van der Waals surface area contributed by atoms with Crippen molar-refractivity contribution in [3.05, 3.63) is 30.0 Å². The molecule has 2 heterocycles. The van der Waals surface area contributed by atoms with Gasteiger partial charge in [-0.15, -0.1) is 0 Å². The lowest BCUT2D eigenvalue weighted by molar-refractivity contribution is 0.0642. The fourth-order valence-electron chi connectivity index (χ4n) is 2.32. The molecular formula is C14H16N2O2. The molecule has 0 saturated carbocycles. The van der Waals surface area contributed by atoms with E-state index in [9.17, 15) is 4.79 Å². The van der Waals surface area contributed by atoms with E-state index in [4.69, 9.17) is 4.74 Å². The lowest BCUT2D eigenvalue weighted by Gasteiger charge is -2.30. The number of aromatic nitrogens is 1. The molecule has 1 aliphatic rings. The zero-order chi connectivity index (χ0) is 12.7. The van der Waals surface area contributed by atoms with E-state index in [0.29, 0.717) is 0 Å². The monoisotopic (exact) mass is 244 g/mol. The molecule has 0 aliphatic carbocycles. The minimum Gasteiger partial charge on any atom is -0.497 e. The molecule has 4 nitrogen and oxygen atoms in total. The highest BCUT2D eigenvalue weighted by Crippen LogP contribution is 2.25. The summed E-state index contributed by atoms with van der Waals surface area (Å²) >= 11 is 0. The molecule has 0 bridgehead atoms. The van der Waals surface area contributed by atoms with Crippen LogP contribution in [-0.2, 0) is 7.05 Å². The molecule has 0 spiro atoms. The van der Waals surface area contributed by atoms with Crippen LogP contribution in [0.5, 0.6) is 5.75 Å². The third kappa shape index (κ3) is 1.56. The predicted octanol–water partition coefficient (Wildman–Crippen LogP) is 2.03. The average Bonchev–Trinajstić information content (AvgIpc) is 2.64. The number of carbonyl (C=O) groups is 1. The molecule has 0 radical (unpaired) electrons. The van der Waals surface area contributed by atoms with Crippen LogP contribution in [-0.4, -0.2) is 35.6 Å². The molecule has 1 saturated heterocycles. The molecule has 0 atom stereocenters. The zero-order valence-corrected chi connectivity index (χ0v) is 10.6. The molecule has 0 unspecified atom stereocenters. The van der Waals surface area contributed by atoms with Crippen molar-refractivity contribution in [1.82, 2.24) is 9.47 Å². The van der Waals surface area contributed by atoms with Gasteiger partial charge in [-0.2, -0.15) is 0 Å². The SMILES string of the molecule is COc1ccc2cc(C(=O)N3CCC3)n(C)c2c1. The normalized spacial score (nSPS) is 14.7. The van der Waals surface area contributed by atoms with Crippen molar-refractivity contribution < 1.29 is 9.53 Å². The smallest absolute Gasteiger partial charge is 0.270 e. The fraction of sp³-hybridized carbons (Fsp3) is 0.357. The van der Waals surface area contributed by atoms with E-state index >= 15 is 0 Å². The van der Waals surface area contributed by atoms with Crippen LogP contribution in [0.4, 0.5) is 0 Å². The van der Waals surface area contributed by atoms with Crippen LogP contribution in [0, 0.1) is 0 Å². The molecule has 1 aromatic carbocycles. The summed E-state index contributed by atoms with van der Waals surface area (Å²) in [5.41, 5.74) is 1.77. The number of hydrogen-bond acceptors (Lipinski definition) is 2. The number of benzene rings is 1. The first-order chi connectivity index (χ1) is 8.70. The lowest BCUT2D eigenvalue weighted by atomic mass is 10.2. The van der Waals surface area contributed by atoms with Crippen molar-refractivity contribution in [1.29, 1.82) is 0 Å². The number of rotatable bonds is 2. The number of fused-ring (bicyclic) bond motifs is 1. The van der Waals surface area contributed by atoms with Crippen molar-refractivity contribution in [2.24, 2.45) is 7.05 Å². The zero-order valence-electron chi connectivity index (χ0n) is 10.6. The third-order valence-corrected chi connectivity index (χ3v) is 3.61. The Hall–Kier alpha value is -1.97. The van der Waals surface area contributed by atoms with Gasteiger partial charge in [-0.25, -0.2) is 0 Å². The van der Waals surface area contributed by atoms with Crippen molar-refractivity contribution in [3.63, 3.8) is 0 Å². The van der Waals surface area contributed by atoms with Gasteiger partial charge in [-0.05, 0) is 24.6 Å². The summed E-state index contributed by atoms with van der Waals surface area (Å²) in [6, 6.07) is 7.82. The van der Waals surface area contributed by atoms with Gasteiger partial charge in [-0.1, -0.05) is 0 Å². The number of carbonyl (C=O) groups excluding carboxylic acids is 1. The van der Waals surface area contributed by atoms with E-state index < -0.39 is 0 Å². The number of nitrogens with zero attached hydrogens (tertiary/aromatic N) is 2. The van der Waals surface area contributed by atoms with Crippen LogP contribution in [0.1, 0.15) is 16.9 Å². The number of likely N-dealkylation sites (tertiary alicyclic amines) is 1. The van der Waals surface area contributed by atoms with Gasteiger partial charge < -0.3 is 14.2 Å². The molecule has 1 aromatic heterocycles. The molecule has 1 amide bonds. The summed E-state index contributed by atoms with van der Waals surface area (Å²) in [6.45, 7) is 1.76. The summed E-state index contributed by atoms with van der Waals surface area (Å²) in [5.74, 6) is 0.936. The molecule has 1 aliphatic heterocycles. The van der Waals surface area contributed by atoms with E-state index in [-0.39, 0.29) is 5.91 Å². The summed E-state index contributed by atoms with van der Waals surface area (Å²) in [4.78, 5) is 14.1. The highest BCUT2D eigenvalue weighted by molar-refractivity contribution is 5.99. The van der Waals surface area contributed by atoms with Crippen molar-refractivity contribution in [2.75, 3.05) is 20.2 Å². The Bertz CT molecular complexity index is 612. The molecular weight excluding hydrogens is 228 g/mol. The first-order valence-electron chi connectivity index (χ1n) is 6.13. The van der Waals surface area contributed by atoms with Gasteiger partial charge in [0.05, 0.1) is 12.6 Å². The van der Waals surface area contributed by atoms with Crippen molar-refractivity contribution in [3.8, 4) is 5.75 Å². The third-order valence-electron chi connectivity index (χ3n) is 3.61. The van der Waals surface area contributed by atoms with Crippen LogP contribution < -0.4 is 4.74 Å². The van der Waals surface area contributed by atoms with E-state index in [1.807, 2.05) is 40.8 Å². The van der Waals surface area contributed by atoms with Gasteiger partial charge in [0.1, 0.15) is 11.4 Å². The number of aryl methyl sites for hydroxylation is 1. The first kappa shape index (κ1) is 11.1. The molecule has 0 N–H and O–H groups in total. The maximum atomic E-state index is 12.2. The second-order valence-electron chi connectivity index (χ2n) is 4.66. The average molecular weight is 244 g/mol. The van der Waals surface area contributed by atoms with Crippen LogP contribution >= 0.6 is 0 Å².